The van der Waals surface area contributed by atoms with Gasteiger partial charge in [-0.1, -0.05) is 41.4 Å². The van der Waals surface area contributed by atoms with Gasteiger partial charge in [0.1, 0.15) is 0 Å². The van der Waals surface area contributed by atoms with Gasteiger partial charge in [-0.15, -0.1) is 0 Å². The zero-order chi connectivity index (χ0) is 20.5. The molecular formula is C20H18Cl2N2O4. The number of hydrogen-bond donors (Lipinski definition) is 2. The Kier molecular flexibility index (Phi) is 5.54. The summed E-state index contributed by atoms with van der Waals surface area (Å²) in [6.07, 6.45) is 2.82. The number of nitrogens with one attached hydrogen (secondary N) is 1. The first-order valence-electron chi connectivity index (χ1n) is 8.31. The van der Waals surface area contributed by atoms with Crippen molar-refractivity contribution in [2.24, 2.45) is 0 Å². The van der Waals surface area contributed by atoms with E-state index in [0.717, 1.165) is 0 Å². The van der Waals surface area contributed by atoms with Crippen molar-refractivity contribution >= 4 is 46.5 Å². The number of esters is 2. The molecule has 0 spiro atoms. The van der Waals surface area contributed by atoms with E-state index in [9.17, 15) is 9.59 Å². The van der Waals surface area contributed by atoms with E-state index in [2.05, 4.69) is 5.32 Å². The molecule has 1 aliphatic heterocycles. The standard InChI is InChI=1S/C20H18Cl2N2O4/c1-27-17(25)8-7-14-18-15(22)9-12(21)10-16(18)24-20(14,19(26)28-2)11-3-5-13(23)6-4-11/h3-10,14,24H,23H2,1-2H3. The first-order valence-corrected chi connectivity index (χ1v) is 9.06. The number of halogens is 2. The minimum absolute atomic E-state index is 0.357. The van der Waals surface area contributed by atoms with E-state index in [4.69, 9.17) is 38.4 Å². The first-order chi connectivity index (χ1) is 13.3. The van der Waals surface area contributed by atoms with Crippen molar-refractivity contribution in [1.82, 2.24) is 0 Å². The number of nitrogens with two attached hydrogens (primary N) is 1. The van der Waals surface area contributed by atoms with E-state index in [-0.39, 0.29) is 0 Å². The Hall–Kier alpha value is -2.70. The molecule has 3 N–H and O–H groups in total. The average Bonchev–Trinajstić information content (AvgIpc) is 3.01. The summed E-state index contributed by atoms with van der Waals surface area (Å²) in [5, 5.41) is 3.98. The normalized spacial score (nSPS) is 20.5. The zero-order valence-electron chi connectivity index (χ0n) is 15.2. The second kappa shape index (κ2) is 7.73. The summed E-state index contributed by atoms with van der Waals surface area (Å²) in [6.45, 7) is 0. The van der Waals surface area contributed by atoms with Gasteiger partial charge in [0.2, 0.25) is 0 Å². The summed E-state index contributed by atoms with van der Waals surface area (Å²) in [6, 6.07) is 10.1. The van der Waals surface area contributed by atoms with Gasteiger partial charge in [-0.2, -0.15) is 0 Å². The molecule has 0 aromatic heterocycles. The third-order valence-corrected chi connectivity index (χ3v) is 5.23. The minimum atomic E-state index is -1.37. The lowest BCUT2D eigenvalue weighted by Crippen LogP contribution is -2.45. The van der Waals surface area contributed by atoms with E-state index >= 15 is 0 Å². The smallest absolute Gasteiger partial charge is 0.337 e. The summed E-state index contributed by atoms with van der Waals surface area (Å²) in [5.41, 5.74) is 6.76. The van der Waals surface area contributed by atoms with Crippen LogP contribution in [0.5, 0.6) is 0 Å². The van der Waals surface area contributed by atoms with Crippen LogP contribution < -0.4 is 11.1 Å². The van der Waals surface area contributed by atoms with Crippen molar-refractivity contribution < 1.29 is 19.1 Å². The number of benzene rings is 2. The molecule has 0 bridgehead atoms. The molecule has 146 valence electrons. The van der Waals surface area contributed by atoms with Crippen LogP contribution in [0.4, 0.5) is 11.4 Å². The molecule has 8 heteroatoms. The summed E-state index contributed by atoms with van der Waals surface area (Å²) in [4.78, 5) is 24.8. The lowest BCUT2D eigenvalue weighted by Gasteiger charge is -2.32. The molecule has 1 heterocycles. The molecule has 0 saturated heterocycles. The Morgan fingerprint density at radius 2 is 1.82 bits per heavy atom. The van der Waals surface area contributed by atoms with Crippen LogP contribution in [0.2, 0.25) is 10.0 Å². The number of methoxy groups -OCH3 is 2. The minimum Gasteiger partial charge on any atom is -0.467 e. The molecule has 2 atom stereocenters. The highest BCUT2D eigenvalue weighted by Gasteiger charge is 2.54. The van der Waals surface area contributed by atoms with Crippen molar-refractivity contribution in [3.63, 3.8) is 0 Å². The zero-order valence-corrected chi connectivity index (χ0v) is 16.7. The molecule has 2 aromatic carbocycles. The number of hydrogen-bond acceptors (Lipinski definition) is 6. The third-order valence-electron chi connectivity index (χ3n) is 4.70. The van der Waals surface area contributed by atoms with Gasteiger partial charge < -0.3 is 20.5 Å². The number of carbonyl (C=O) groups excluding carboxylic acids is 2. The SMILES string of the molecule is COC(=O)C=CC1c2c(Cl)cc(Cl)cc2NC1(C(=O)OC)c1ccc(N)cc1. The number of fused-ring (bicyclic) bond motifs is 1. The average molecular weight is 421 g/mol. The summed E-state index contributed by atoms with van der Waals surface area (Å²) in [7, 11) is 2.56. The van der Waals surface area contributed by atoms with Crippen LogP contribution in [0.15, 0.2) is 48.6 Å². The number of anilines is 2. The van der Waals surface area contributed by atoms with Crippen molar-refractivity contribution in [2.75, 3.05) is 25.3 Å². The van der Waals surface area contributed by atoms with Gasteiger partial charge in [-0.3, -0.25) is 0 Å². The van der Waals surface area contributed by atoms with Crippen LogP contribution in [0.1, 0.15) is 17.0 Å². The van der Waals surface area contributed by atoms with Gasteiger partial charge in [-0.05, 0) is 29.8 Å². The van der Waals surface area contributed by atoms with Gasteiger partial charge in [0.05, 0.1) is 14.2 Å². The van der Waals surface area contributed by atoms with E-state index in [1.807, 2.05) is 0 Å². The Morgan fingerprint density at radius 3 is 2.43 bits per heavy atom. The fourth-order valence-corrected chi connectivity index (χ4v) is 4.06. The van der Waals surface area contributed by atoms with Crippen LogP contribution in [0, 0.1) is 0 Å². The van der Waals surface area contributed by atoms with Crippen molar-refractivity contribution in [2.45, 2.75) is 11.5 Å². The fourth-order valence-electron chi connectivity index (χ4n) is 3.45. The predicted molar refractivity (Wildman–Crippen MR) is 109 cm³/mol. The van der Waals surface area contributed by atoms with Gasteiger partial charge in [-0.25, -0.2) is 9.59 Å². The monoisotopic (exact) mass is 420 g/mol. The topological polar surface area (TPSA) is 90.6 Å². The quantitative estimate of drug-likeness (QED) is 0.442. The number of rotatable bonds is 4. The lowest BCUT2D eigenvalue weighted by molar-refractivity contribution is -0.146. The van der Waals surface area contributed by atoms with Crippen molar-refractivity contribution in [3.8, 4) is 0 Å². The molecule has 0 fully saturated rings. The lowest BCUT2D eigenvalue weighted by atomic mass is 9.77. The molecule has 0 radical (unpaired) electrons. The van der Waals surface area contributed by atoms with Gasteiger partial charge >= 0.3 is 11.9 Å². The highest BCUT2D eigenvalue weighted by Crippen LogP contribution is 2.53. The summed E-state index contributed by atoms with van der Waals surface area (Å²) in [5.74, 6) is -1.78. The first kappa shape index (κ1) is 20.0. The van der Waals surface area contributed by atoms with E-state index in [1.54, 1.807) is 42.5 Å². The molecule has 0 saturated carbocycles. The Labute approximate surface area is 172 Å². The maximum Gasteiger partial charge on any atom is 0.337 e. The van der Waals surface area contributed by atoms with Gasteiger partial charge in [0, 0.05) is 39.0 Å². The van der Waals surface area contributed by atoms with Gasteiger partial charge in [0.15, 0.2) is 5.54 Å². The largest absolute Gasteiger partial charge is 0.467 e. The number of nitrogen functional groups attached to an aromatic ring is 1. The molecule has 3 rings (SSSR count). The third kappa shape index (κ3) is 3.30. The second-order valence-electron chi connectivity index (χ2n) is 6.26. The van der Waals surface area contributed by atoms with Crippen LogP contribution in [0.3, 0.4) is 0 Å². The fraction of sp³-hybridized carbons (Fsp3) is 0.200. The Balaban J connectivity index is 2.28. The molecule has 2 unspecified atom stereocenters. The van der Waals surface area contributed by atoms with Crippen molar-refractivity contribution in [3.05, 3.63) is 69.7 Å². The number of carbonyl (C=O) groups is 2. The predicted octanol–water partition coefficient (Wildman–Crippen LogP) is 3.88. The molecule has 1 aliphatic rings. The van der Waals surface area contributed by atoms with Gasteiger partial charge in [0.25, 0.3) is 0 Å². The van der Waals surface area contributed by atoms with E-state index in [1.165, 1.54) is 20.3 Å². The molecule has 0 aliphatic carbocycles. The van der Waals surface area contributed by atoms with Crippen LogP contribution in [-0.4, -0.2) is 26.2 Å². The van der Waals surface area contributed by atoms with Crippen LogP contribution in [0.25, 0.3) is 0 Å². The van der Waals surface area contributed by atoms with E-state index < -0.39 is 23.4 Å². The van der Waals surface area contributed by atoms with Crippen molar-refractivity contribution in [1.29, 1.82) is 0 Å². The maximum absolute atomic E-state index is 13.1. The Morgan fingerprint density at radius 1 is 1.14 bits per heavy atom. The Bertz CT molecular complexity index is 959. The summed E-state index contributed by atoms with van der Waals surface area (Å²) < 4.78 is 9.82. The van der Waals surface area contributed by atoms with E-state index in [0.29, 0.717) is 32.5 Å². The highest BCUT2D eigenvalue weighted by atomic mass is 35.5. The molecule has 28 heavy (non-hydrogen) atoms. The van der Waals surface area contributed by atoms with Crippen LogP contribution in [-0.2, 0) is 24.6 Å². The molecule has 0 amide bonds. The molecular weight excluding hydrogens is 403 g/mol. The highest BCUT2D eigenvalue weighted by molar-refractivity contribution is 6.36. The van der Waals surface area contributed by atoms with Crippen LogP contribution >= 0.6 is 23.2 Å². The molecule has 6 nitrogen and oxygen atoms in total. The summed E-state index contributed by atoms with van der Waals surface area (Å²) >= 11 is 12.6. The second-order valence-corrected chi connectivity index (χ2v) is 7.10. The maximum atomic E-state index is 13.1. The molecule has 2 aromatic rings. The number of ether oxygens (including phenoxy) is 2.